The zero-order chi connectivity index (χ0) is 17.4. The number of hydrogen-bond acceptors (Lipinski definition) is 4. The average Bonchev–Trinajstić information content (AvgIpc) is 3.34. The van der Waals surface area contributed by atoms with Crippen molar-refractivity contribution >= 4 is 22.9 Å². The van der Waals surface area contributed by atoms with Crippen LogP contribution in [0.5, 0.6) is 0 Å². The highest BCUT2D eigenvalue weighted by molar-refractivity contribution is 7.13. The van der Waals surface area contributed by atoms with Crippen LogP contribution in [-0.2, 0) is 0 Å². The molecule has 25 heavy (non-hydrogen) atoms. The molecule has 2 aromatic rings. The number of nitrogens with one attached hydrogen (secondary N) is 1. The van der Waals surface area contributed by atoms with Crippen molar-refractivity contribution in [3.05, 3.63) is 45.7 Å². The van der Waals surface area contributed by atoms with Crippen LogP contribution in [0.4, 0.5) is 10.1 Å². The Hall–Kier alpha value is -1.95. The summed E-state index contributed by atoms with van der Waals surface area (Å²) in [6, 6.07) is 5.21. The molecule has 6 heteroatoms. The molecule has 4 rings (SSSR count). The van der Waals surface area contributed by atoms with Crippen LogP contribution in [0.1, 0.15) is 51.8 Å². The van der Waals surface area contributed by atoms with Gasteiger partial charge in [-0.2, -0.15) is 0 Å². The number of aryl methyl sites for hydroxylation is 1. The minimum atomic E-state index is -0.200. The van der Waals surface area contributed by atoms with E-state index in [1.807, 2.05) is 17.9 Å². The standard InChI is InChI=1S/C19H22FN3OS/c1-12-4-7-15(20)16(9-12)23-8-2-3-14(11-23)22-18(24)17-10-21-19(25-17)13-5-6-13/h4,7,9-10,13-14H,2-3,5-6,8,11H2,1H3,(H,22,24). The van der Waals surface area contributed by atoms with Crippen LogP contribution in [0.2, 0.25) is 0 Å². The Morgan fingerprint density at radius 1 is 1.36 bits per heavy atom. The van der Waals surface area contributed by atoms with E-state index in [0.717, 1.165) is 30.0 Å². The molecule has 1 aromatic carbocycles. The molecule has 2 fully saturated rings. The van der Waals surface area contributed by atoms with E-state index in [0.29, 0.717) is 23.0 Å². The molecule has 1 unspecified atom stereocenters. The molecule has 4 nitrogen and oxygen atoms in total. The molecule has 1 amide bonds. The Bertz CT molecular complexity index is 787. The summed E-state index contributed by atoms with van der Waals surface area (Å²) in [6.45, 7) is 3.42. The Morgan fingerprint density at radius 3 is 3.00 bits per heavy atom. The number of carbonyl (C=O) groups is 1. The molecule has 0 bridgehead atoms. The highest BCUT2D eigenvalue weighted by atomic mass is 32.1. The van der Waals surface area contributed by atoms with Crippen molar-refractivity contribution in [1.29, 1.82) is 0 Å². The second kappa shape index (κ2) is 6.75. The van der Waals surface area contributed by atoms with Gasteiger partial charge in [-0.15, -0.1) is 11.3 Å². The van der Waals surface area contributed by atoms with Gasteiger partial charge in [0.2, 0.25) is 0 Å². The number of rotatable bonds is 4. The van der Waals surface area contributed by atoms with Crippen molar-refractivity contribution in [2.45, 2.75) is 44.6 Å². The van der Waals surface area contributed by atoms with Crippen molar-refractivity contribution in [3.8, 4) is 0 Å². The first-order chi connectivity index (χ1) is 12.1. The number of piperidine rings is 1. The molecule has 0 radical (unpaired) electrons. The summed E-state index contributed by atoms with van der Waals surface area (Å²) in [4.78, 5) is 19.6. The number of anilines is 1. The lowest BCUT2D eigenvalue weighted by Crippen LogP contribution is -2.48. The predicted molar refractivity (Wildman–Crippen MR) is 97.9 cm³/mol. The van der Waals surface area contributed by atoms with Gasteiger partial charge < -0.3 is 10.2 Å². The maximum Gasteiger partial charge on any atom is 0.263 e. The Morgan fingerprint density at radius 2 is 2.20 bits per heavy atom. The zero-order valence-electron chi connectivity index (χ0n) is 14.3. The summed E-state index contributed by atoms with van der Waals surface area (Å²) < 4.78 is 14.2. The van der Waals surface area contributed by atoms with Gasteiger partial charge in [0.05, 0.1) is 16.9 Å². The summed E-state index contributed by atoms with van der Waals surface area (Å²) in [5.41, 5.74) is 1.67. The van der Waals surface area contributed by atoms with E-state index in [1.54, 1.807) is 12.3 Å². The first-order valence-electron chi connectivity index (χ1n) is 8.88. The van der Waals surface area contributed by atoms with E-state index in [9.17, 15) is 9.18 Å². The topological polar surface area (TPSA) is 45.2 Å². The monoisotopic (exact) mass is 359 g/mol. The first-order valence-corrected chi connectivity index (χ1v) is 9.69. The van der Waals surface area contributed by atoms with Crippen molar-refractivity contribution in [2.75, 3.05) is 18.0 Å². The van der Waals surface area contributed by atoms with Crippen molar-refractivity contribution in [2.24, 2.45) is 0 Å². The van der Waals surface area contributed by atoms with Gasteiger partial charge in [0.25, 0.3) is 5.91 Å². The van der Waals surface area contributed by atoms with Gasteiger partial charge in [-0.25, -0.2) is 9.37 Å². The largest absolute Gasteiger partial charge is 0.367 e. The number of amides is 1. The van der Waals surface area contributed by atoms with Gasteiger partial charge in [0.1, 0.15) is 10.7 Å². The molecule has 1 aliphatic carbocycles. The fourth-order valence-electron chi connectivity index (χ4n) is 3.35. The number of aromatic nitrogens is 1. The van der Waals surface area contributed by atoms with Crippen LogP contribution in [0.15, 0.2) is 24.4 Å². The van der Waals surface area contributed by atoms with E-state index in [1.165, 1.54) is 30.2 Å². The normalized spacial score (nSPS) is 20.6. The molecule has 1 atom stereocenters. The van der Waals surface area contributed by atoms with Gasteiger partial charge in [0, 0.05) is 25.0 Å². The molecule has 1 aliphatic heterocycles. The number of halogens is 1. The summed E-state index contributed by atoms with van der Waals surface area (Å²) in [6.07, 6.45) is 5.93. The van der Waals surface area contributed by atoms with Crippen LogP contribution in [-0.4, -0.2) is 30.0 Å². The van der Waals surface area contributed by atoms with Crippen molar-refractivity contribution in [3.63, 3.8) is 0 Å². The molecule has 0 spiro atoms. The van der Waals surface area contributed by atoms with Gasteiger partial charge in [-0.1, -0.05) is 6.07 Å². The Labute approximate surface area is 151 Å². The quantitative estimate of drug-likeness (QED) is 0.901. The maximum absolute atomic E-state index is 14.2. The molecule has 1 aromatic heterocycles. The van der Waals surface area contributed by atoms with Crippen LogP contribution >= 0.6 is 11.3 Å². The SMILES string of the molecule is Cc1ccc(F)c(N2CCCC(NC(=O)c3cnc(C4CC4)s3)C2)c1. The third kappa shape index (κ3) is 3.68. The fourth-order valence-corrected chi connectivity index (χ4v) is 4.34. The van der Waals surface area contributed by atoms with Gasteiger partial charge in [0.15, 0.2) is 0 Å². The Balaban J connectivity index is 1.42. The lowest BCUT2D eigenvalue weighted by molar-refractivity contribution is 0.0937. The van der Waals surface area contributed by atoms with Crippen LogP contribution in [0.3, 0.4) is 0 Å². The van der Waals surface area contributed by atoms with E-state index in [4.69, 9.17) is 0 Å². The summed E-state index contributed by atoms with van der Waals surface area (Å²) >= 11 is 1.50. The number of benzene rings is 1. The lowest BCUT2D eigenvalue weighted by Gasteiger charge is -2.35. The highest BCUT2D eigenvalue weighted by Gasteiger charge is 2.28. The minimum absolute atomic E-state index is 0.0348. The van der Waals surface area contributed by atoms with Crippen LogP contribution < -0.4 is 10.2 Å². The van der Waals surface area contributed by atoms with Crippen LogP contribution in [0.25, 0.3) is 0 Å². The van der Waals surface area contributed by atoms with Crippen molar-refractivity contribution in [1.82, 2.24) is 10.3 Å². The molecule has 2 heterocycles. The minimum Gasteiger partial charge on any atom is -0.367 e. The van der Waals surface area contributed by atoms with Crippen LogP contribution in [0, 0.1) is 12.7 Å². The highest BCUT2D eigenvalue weighted by Crippen LogP contribution is 2.41. The third-order valence-electron chi connectivity index (χ3n) is 4.87. The van der Waals surface area contributed by atoms with Gasteiger partial charge >= 0.3 is 0 Å². The first kappa shape index (κ1) is 16.5. The second-order valence-corrected chi connectivity index (χ2v) is 8.11. The van der Waals surface area contributed by atoms with E-state index >= 15 is 0 Å². The molecule has 2 aliphatic rings. The van der Waals surface area contributed by atoms with E-state index in [-0.39, 0.29) is 17.8 Å². The fraction of sp³-hybridized carbons (Fsp3) is 0.474. The van der Waals surface area contributed by atoms with Gasteiger partial charge in [-0.05, 0) is 50.3 Å². The third-order valence-corrected chi connectivity index (χ3v) is 6.03. The molecule has 1 saturated carbocycles. The molecule has 1 saturated heterocycles. The Kier molecular flexibility index (Phi) is 4.46. The van der Waals surface area contributed by atoms with Gasteiger partial charge in [-0.3, -0.25) is 4.79 Å². The number of nitrogens with zero attached hydrogens (tertiary/aromatic N) is 2. The number of hydrogen-bond donors (Lipinski definition) is 1. The summed E-state index contributed by atoms with van der Waals surface area (Å²) in [7, 11) is 0. The second-order valence-electron chi connectivity index (χ2n) is 7.05. The van der Waals surface area contributed by atoms with E-state index in [2.05, 4.69) is 10.3 Å². The zero-order valence-corrected chi connectivity index (χ0v) is 15.1. The molecule has 1 N–H and O–H groups in total. The molecule has 132 valence electrons. The summed E-state index contributed by atoms with van der Waals surface area (Å²) in [5.74, 6) is 0.316. The van der Waals surface area contributed by atoms with Crippen molar-refractivity contribution < 1.29 is 9.18 Å². The maximum atomic E-state index is 14.2. The summed E-state index contributed by atoms with van der Waals surface area (Å²) in [5, 5.41) is 4.19. The molecular weight excluding hydrogens is 337 g/mol. The smallest absolute Gasteiger partial charge is 0.263 e. The molecular formula is C19H22FN3OS. The number of thiazole rings is 1. The predicted octanol–water partition coefficient (Wildman–Crippen LogP) is 3.87. The lowest BCUT2D eigenvalue weighted by atomic mass is 10.0. The number of carbonyl (C=O) groups excluding carboxylic acids is 1. The van der Waals surface area contributed by atoms with E-state index < -0.39 is 0 Å². The average molecular weight is 359 g/mol.